The topological polar surface area (TPSA) is 76.0 Å². The highest BCUT2D eigenvalue weighted by Crippen LogP contribution is 2.11. The first-order valence-electron chi connectivity index (χ1n) is 7.66. The van der Waals surface area contributed by atoms with Gasteiger partial charge in [-0.2, -0.15) is 5.10 Å². The van der Waals surface area contributed by atoms with Crippen molar-refractivity contribution in [3.05, 3.63) is 40.8 Å². The normalized spacial score (nSPS) is 17.0. The summed E-state index contributed by atoms with van der Waals surface area (Å²) in [5.41, 5.74) is -0.118. The summed E-state index contributed by atoms with van der Waals surface area (Å²) in [6.07, 6.45) is 3.29. The summed E-state index contributed by atoms with van der Waals surface area (Å²) in [6.45, 7) is 2.72. The Morgan fingerprint density at radius 3 is 3.00 bits per heavy atom. The molecule has 7 heteroatoms. The zero-order valence-corrected chi connectivity index (χ0v) is 13.6. The Kier molecular flexibility index (Phi) is 6.12. The molecule has 0 spiro atoms. The van der Waals surface area contributed by atoms with E-state index in [4.69, 9.17) is 0 Å². The molecule has 0 saturated carbocycles. The minimum absolute atomic E-state index is 0. The Morgan fingerprint density at radius 2 is 2.22 bits per heavy atom. The average Bonchev–Trinajstić information content (AvgIpc) is 3.03. The number of amides is 1. The number of aromatic nitrogens is 2. The molecule has 1 saturated heterocycles. The lowest BCUT2D eigenvalue weighted by Crippen LogP contribution is -2.33. The standard InChI is InChI=1S/C16H20N4O2.ClH/c21-15(9-12-5-6-17-10-12)18-7-8-20-16(22)14-4-2-1-3-13(14)11-19-20;/h1-4,11-12,17H,5-10H2,(H,18,21);1H. The van der Waals surface area contributed by atoms with E-state index in [2.05, 4.69) is 15.7 Å². The molecule has 2 aromatic rings. The third kappa shape index (κ3) is 4.30. The van der Waals surface area contributed by atoms with E-state index in [0.717, 1.165) is 24.9 Å². The van der Waals surface area contributed by atoms with Crippen LogP contribution in [0.1, 0.15) is 12.8 Å². The zero-order valence-electron chi connectivity index (χ0n) is 12.8. The lowest BCUT2D eigenvalue weighted by atomic mass is 10.0. The van der Waals surface area contributed by atoms with Gasteiger partial charge in [0.25, 0.3) is 5.56 Å². The molecule has 3 rings (SSSR count). The van der Waals surface area contributed by atoms with Crippen molar-refractivity contribution in [2.75, 3.05) is 19.6 Å². The summed E-state index contributed by atoms with van der Waals surface area (Å²) in [4.78, 5) is 24.1. The van der Waals surface area contributed by atoms with E-state index in [1.807, 2.05) is 18.2 Å². The van der Waals surface area contributed by atoms with Crippen LogP contribution >= 0.6 is 12.4 Å². The maximum absolute atomic E-state index is 12.3. The van der Waals surface area contributed by atoms with Gasteiger partial charge in [0, 0.05) is 18.4 Å². The molecule has 23 heavy (non-hydrogen) atoms. The van der Waals surface area contributed by atoms with Gasteiger partial charge < -0.3 is 10.6 Å². The fraction of sp³-hybridized carbons (Fsp3) is 0.438. The van der Waals surface area contributed by atoms with E-state index < -0.39 is 0 Å². The van der Waals surface area contributed by atoms with Crippen molar-refractivity contribution >= 4 is 29.1 Å². The van der Waals surface area contributed by atoms with Crippen LogP contribution in [0.3, 0.4) is 0 Å². The van der Waals surface area contributed by atoms with Gasteiger partial charge in [-0.1, -0.05) is 18.2 Å². The van der Waals surface area contributed by atoms with Gasteiger partial charge in [0.1, 0.15) is 0 Å². The van der Waals surface area contributed by atoms with Crippen molar-refractivity contribution in [2.24, 2.45) is 5.92 Å². The van der Waals surface area contributed by atoms with Crippen LogP contribution in [0.2, 0.25) is 0 Å². The maximum atomic E-state index is 12.3. The third-order valence-electron chi connectivity index (χ3n) is 4.04. The number of halogens is 1. The van der Waals surface area contributed by atoms with E-state index in [1.54, 1.807) is 12.3 Å². The van der Waals surface area contributed by atoms with E-state index >= 15 is 0 Å². The second-order valence-corrected chi connectivity index (χ2v) is 5.67. The molecule has 1 fully saturated rings. The molecule has 2 heterocycles. The Labute approximate surface area is 140 Å². The van der Waals surface area contributed by atoms with Crippen molar-refractivity contribution < 1.29 is 4.79 Å². The molecule has 0 aliphatic carbocycles. The van der Waals surface area contributed by atoms with E-state index in [9.17, 15) is 9.59 Å². The number of carbonyl (C=O) groups is 1. The second-order valence-electron chi connectivity index (χ2n) is 5.67. The zero-order chi connectivity index (χ0) is 15.4. The van der Waals surface area contributed by atoms with E-state index in [1.165, 1.54) is 4.68 Å². The van der Waals surface area contributed by atoms with Crippen molar-refractivity contribution in [1.29, 1.82) is 0 Å². The number of benzene rings is 1. The SMILES string of the molecule is Cl.O=C(CC1CCNC1)NCCn1ncc2ccccc2c1=O. The molecular weight excluding hydrogens is 316 g/mol. The van der Waals surface area contributed by atoms with Crippen molar-refractivity contribution in [3.8, 4) is 0 Å². The fourth-order valence-corrected chi connectivity index (χ4v) is 2.81. The fourth-order valence-electron chi connectivity index (χ4n) is 2.81. The van der Waals surface area contributed by atoms with E-state index in [0.29, 0.717) is 30.8 Å². The van der Waals surface area contributed by atoms with Crippen LogP contribution < -0.4 is 16.2 Å². The molecule has 1 amide bonds. The highest BCUT2D eigenvalue weighted by molar-refractivity contribution is 5.85. The Morgan fingerprint density at radius 1 is 1.39 bits per heavy atom. The summed E-state index contributed by atoms with van der Waals surface area (Å²) >= 11 is 0. The van der Waals surface area contributed by atoms with E-state index in [-0.39, 0.29) is 23.9 Å². The predicted molar refractivity (Wildman–Crippen MR) is 91.9 cm³/mol. The lowest BCUT2D eigenvalue weighted by molar-refractivity contribution is -0.121. The van der Waals surface area contributed by atoms with Gasteiger partial charge in [0.05, 0.1) is 18.1 Å². The summed E-state index contributed by atoms with van der Waals surface area (Å²) < 4.78 is 1.40. The Bertz CT molecular complexity index is 725. The van der Waals surface area contributed by atoms with Gasteiger partial charge >= 0.3 is 0 Å². The van der Waals surface area contributed by atoms with Crippen LogP contribution in [-0.2, 0) is 11.3 Å². The van der Waals surface area contributed by atoms with Crippen molar-refractivity contribution in [1.82, 2.24) is 20.4 Å². The maximum Gasteiger partial charge on any atom is 0.274 e. The minimum atomic E-state index is -0.118. The molecule has 1 aliphatic heterocycles. The van der Waals surface area contributed by atoms with Gasteiger partial charge in [-0.3, -0.25) is 9.59 Å². The number of hydrogen-bond acceptors (Lipinski definition) is 4. The van der Waals surface area contributed by atoms with Crippen LogP contribution in [0.5, 0.6) is 0 Å². The monoisotopic (exact) mass is 336 g/mol. The van der Waals surface area contributed by atoms with Crippen LogP contribution in [-0.4, -0.2) is 35.3 Å². The number of fused-ring (bicyclic) bond motifs is 1. The molecule has 1 atom stereocenters. The summed E-state index contributed by atoms with van der Waals surface area (Å²) in [5, 5.41) is 11.8. The molecule has 1 aromatic heterocycles. The van der Waals surface area contributed by atoms with Crippen molar-refractivity contribution in [2.45, 2.75) is 19.4 Å². The van der Waals surface area contributed by atoms with Crippen LogP contribution in [0.4, 0.5) is 0 Å². The van der Waals surface area contributed by atoms with Crippen LogP contribution in [0, 0.1) is 5.92 Å². The third-order valence-corrected chi connectivity index (χ3v) is 4.04. The first kappa shape index (κ1) is 17.4. The predicted octanol–water partition coefficient (Wildman–Crippen LogP) is 0.934. The van der Waals surface area contributed by atoms with Gasteiger partial charge in [0.2, 0.25) is 5.91 Å². The molecule has 0 bridgehead atoms. The smallest absolute Gasteiger partial charge is 0.274 e. The molecule has 1 unspecified atom stereocenters. The molecule has 1 aliphatic rings. The van der Waals surface area contributed by atoms with Gasteiger partial charge in [0.15, 0.2) is 0 Å². The molecular formula is C16H21ClN4O2. The highest BCUT2D eigenvalue weighted by atomic mass is 35.5. The number of carbonyl (C=O) groups excluding carboxylic acids is 1. The average molecular weight is 337 g/mol. The number of nitrogens with one attached hydrogen (secondary N) is 2. The molecule has 0 radical (unpaired) electrons. The highest BCUT2D eigenvalue weighted by Gasteiger charge is 2.17. The molecule has 2 N–H and O–H groups in total. The number of rotatable bonds is 5. The molecule has 6 nitrogen and oxygen atoms in total. The number of nitrogens with zero attached hydrogens (tertiary/aromatic N) is 2. The summed E-state index contributed by atoms with van der Waals surface area (Å²) in [7, 11) is 0. The van der Waals surface area contributed by atoms with Gasteiger partial charge in [-0.25, -0.2) is 4.68 Å². The lowest BCUT2D eigenvalue weighted by Gasteiger charge is -2.10. The summed E-state index contributed by atoms with van der Waals surface area (Å²) in [5.74, 6) is 0.476. The van der Waals surface area contributed by atoms with Crippen LogP contribution in [0.25, 0.3) is 10.8 Å². The van der Waals surface area contributed by atoms with Gasteiger partial charge in [-0.05, 0) is 31.5 Å². The molecule has 124 valence electrons. The summed E-state index contributed by atoms with van der Waals surface area (Å²) in [6, 6.07) is 7.38. The van der Waals surface area contributed by atoms with Crippen molar-refractivity contribution in [3.63, 3.8) is 0 Å². The molecule has 1 aromatic carbocycles. The quantitative estimate of drug-likeness (QED) is 0.852. The number of hydrogen-bond donors (Lipinski definition) is 2. The first-order valence-corrected chi connectivity index (χ1v) is 7.66. The van der Waals surface area contributed by atoms with Gasteiger partial charge in [-0.15, -0.1) is 12.4 Å². The Balaban J connectivity index is 0.00000192. The first-order chi connectivity index (χ1) is 10.7. The Hall–Kier alpha value is -1.92. The minimum Gasteiger partial charge on any atom is -0.354 e. The van der Waals surface area contributed by atoms with Crippen LogP contribution in [0.15, 0.2) is 35.3 Å². The largest absolute Gasteiger partial charge is 0.354 e. The second kappa shape index (κ2) is 8.08.